The van der Waals surface area contributed by atoms with E-state index in [0.29, 0.717) is 31.9 Å². The molecule has 0 aromatic heterocycles. The number of benzene rings is 1. The van der Waals surface area contributed by atoms with E-state index in [0.717, 1.165) is 19.3 Å². The summed E-state index contributed by atoms with van der Waals surface area (Å²) in [5.74, 6) is 0.696. The predicted octanol–water partition coefficient (Wildman–Crippen LogP) is 1.88. The SMILES string of the molecule is CCCCCOc1ccc(S(=O)(=O)NCCCN)cc1. The molecular weight excluding hydrogens is 276 g/mol. The van der Waals surface area contributed by atoms with Gasteiger partial charge in [-0.1, -0.05) is 19.8 Å². The second-order valence-corrected chi connectivity index (χ2v) is 6.33. The molecule has 1 rings (SSSR count). The highest BCUT2D eigenvalue weighted by atomic mass is 32.2. The topological polar surface area (TPSA) is 81.4 Å². The Kier molecular flexibility index (Phi) is 7.58. The monoisotopic (exact) mass is 300 g/mol. The van der Waals surface area contributed by atoms with Crippen molar-refractivity contribution < 1.29 is 13.2 Å². The fraction of sp³-hybridized carbons (Fsp3) is 0.571. The molecule has 0 saturated carbocycles. The van der Waals surface area contributed by atoms with Crippen molar-refractivity contribution in [1.82, 2.24) is 4.72 Å². The van der Waals surface area contributed by atoms with E-state index < -0.39 is 10.0 Å². The molecule has 3 N–H and O–H groups in total. The maximum atomic E-state index is 11.9. The third kappa shape index (κ3) is 5.90. The Morgan fingerprint density at radius 2 is 1.85 bits per heavy atom. The van der Waals surface area contributed by atoms with E-state index in [1.165, 1.54) is 0 Å². The first-order valence-electron chi connectivity index (χ1n) is 7.02. The fourth-order valence-electron chi connectivity index (χ4n) is 1.65. The normalized spacial score (nSPS) is 11.5. The number of nitrogens with one attached hydrogen (secondary N) is 1. The Hall–Kier alpha value is -1.11. The average molecular weight is 300 g/mol. The van der Waals surface area contributed by atoms with Crippen LogP contribution < -0.4 is 15.2 Å². The molecule has 0 fully saturated rings. The third-order valence-electron chi connectivity index (χ3n) is 2.82. The largest absolute Gasteiger partial charge is 0.494 e. The summed E-state index contributed by atoms with van der Waals surface area (Å²) in [5, 5.41) is 0. The minimum absolute atomic E-state index is 0.246. The number of hydrogen-bond donors (Lipinski definition) is 2. The van der Waals surface area contributed by atoms with E-state index in [2.05, 4.69) is 11.6 Å². The molecule has 1 aromatic carbocycles. The highest BCUT2D eigenvalue weighted by molar-refractivity contribution is 7.89. The molecule has 0 spiro atoms. The van der Waals surface area contributed by atoms with Crippen molar-refractivity contribution in [3.63, 3.8) is 0 Å². The summed E-state index contributed by atoms with van der Waals surface area (Å²) in [5.41, 5.74) is 5.33. The third-order valence-corrected chi connectivity index (χ3v) is 4.30. The van der Waals surface area contributed by atoms with Gasteiger partial charge in [0.2, 0.25) is 10.0 Å². The highest BCUT2D eigenvalue weighted by Crippen LogP contribution is 2.16. The van der Waals surface area contributed by atoms with Gasteiger partial charge in [0, 0.05) is 6.54 Å². The molecule has 5 nitrogen and oxygen atoms in total. The Morgan fingerprint density at radius 3 is 2.45 bits per heavy atom. The first-order valence-corrected chi connectivity index (χ1v) is 8.51. The summed E-state index contributed by atoms with van der Waals surface area (Å²) in [7, 11) is -3.44. The van der Waals surface area contributed by atoms with Crippen molar-refractivity contribution in [2.45, 2.75) is 37.5 Å². The zero-order chi connectivity index (χ0) is 14.8. The first-order chi connectivity index (χ1) is 9.60. The summed E-state index contributed by atoms with van der Waals surface area (Å²) in [6, 6.07) is 6.48. The van der Waals surface area contributed by atoms with Crippen LogP contribution in [0.15, 0.2) is 29.2 Å². The molecule has 0 atom stereocenters. The van der Waals surface area contributed by atoms with Crippen LogP contribution in [0.25, 0.3) is 0 Å². The molecule has 0 unspecified atom stereocenters. The van der Waals surface area contributed by atoms with Gasteiger partial charge >= 0.3 is 0 Å². The van der Waals surface area contributed by atoms with Crippen LogP contribution in [0, 0.1) is 0 Å². The van der Waals surface area contributed by atoms with E-state index in [4.69, 9.17) is 10.5 Å². The minimum atomic E-state index is -3.44. The summed E-state index contributed by atoms with van der Waals surface area (Å²) >= 11 is 0. The van der Waals surface area contributed by atoms with Crippen LogP contribution in [0.1, 0.15) is 32.6 Å². The van der Waals surface area contributed by atoms with E-state index >= 15 is 0 Å². The Labute approximate surface area is 121 Å². The van der Waals surface area contributed by atoms with Crippen molar-refractivity contribution in [2.24, 2.45) is 5.73 Å². The fourth-order valence-corrected chi connectivity index (χ4v) is 2.72. The maximum absolute atomic E-state index is 11.9. The Balaban J connectivity index is 2.52. The van der Waals surface area contributed by atoms with Crippen molar-refractivity contribution in [2.75, 3.05) is 19.7 Å². The lowest BCUT2D eigenvalue weighted by atomic mass is 10.3. The molecule has 0 amide bonds. The van der Waals surface area contributed by atoms with Crippen LogP contribution in [-0.2, 0) is 10.0 Å². The zero-order valence-corrected chi connectivity index (χ0v) is 12.8. The van der Waals surface area contributed by atoms with Gasteiger partial charge in [0.25, 0.3) is 0 Å². The molecule has 0 bridgehead atoms. The number of rotatable bonds is 10. The highest BCUT2D eigenvalue weighted by Gasteiger charge is 2.12. The molecule has 0 radical (unpaired) electrons. The van der Waals surface area contributed by atoms with Crippen LogP contribution in [0.4, 0.5) is 0 Å². The lowest BCUT2D eigenvalue weighted by Gasteiger charge is -2.08. The summed E-state index contributed by atoms with van der Waals surface area (Å²) in [6.45, 7) is 3.62. The van der Waals surface area contributed by atoms with E-state index in [9.17, 15) is 8.42 Å². The van der Waals surface area contributed by atoms with Gasteiger partial charge in [-0.15, -0.1) is 0 Å². The maximum Gasteiger partial charge on any atom is 0.240 e. The first kappa shape index (κ1) is 16.9. The molecule has 20 heavy (non-hydrogen) atoms. The lowest BCUT2D eigenvalue weighted by Crippen LogP contribution is -2.26. The van der Waals surface area contributed by atoms with Gasteiger partial charge in [0.05, 0.1) is 11.5 Å². The standard InChI is InChI=1S/C14H24N2O3S/c1-2-3-4-12-19-13-6-8-14(9-7-13)20(17,18)16-11-5-10-15/h6-9,16H,2-5,10-12,15H2,1H3. The number of ether oxygens (including phenoxy) is 1. The van der Waals surface area contributed by atoms with Crippen molar-refractivity contribution in [3.05, 3.63) is 24.3 Å². The summed E-state index contributed by atoms with van der Waals surface area (Å²) < 4.78 is 31.9. The number of sulfonamides is 1. The van der Waals surface area contributed by atoms with Gasteiger partial charge in [-0.05, 0) is 43.7 Å². The van der Waals surface area contributed by atoms with Crippen LogP contribution in [-0.4, -0.2) is 28.1 Å². The van der Waals surface area contributed by atoms with Gasteiger partial charge in [0.1, 0.15) is 5.75 Å². The summed E-state index contributed by atoms with van der Waals surface area (Å²) in [4.78, 5) is 0.246. The van der Waals surface area contributed by atoms with Gasteiger partial charge in [-0.3, -0.25) is 0 Å². The van der Waals surface area contributed by atoms with Crippen LogP contribution in [0.2, 0.25) is 0 Å². The molecule has 0 aliphatic heterocycles. The quantitative estimate of drug-likeness (QED) is 0.646. The number of nitrogens with two attached hydrogens (primary N) is 1. The molecule has 0 aliphatic rings. The van der Waals surface area contributed by atoms with Gasteiger partial charge in [-0.2, -0.15) is 0 Å². The van der Waals surface area contributed by atoms with Crippen molar-refractivity contribution >= 4 is 10.0 Å². The van der Waals surface area contributed by atoms with Crippen molar-refractivity contribution in [1.29, 1.82) is 0 Å². The van der Waals surface area contributed by atoms with Crippen LogP contribution >= 0.6 is 0 Å². The Bertz CT molecular complexity index is 472. The predicted molar refractivity (Wildman–Crippen MR) is 80.3 cm³/mol. The molecule has 114 valence electrons. The Morgan fingerprint density at radius 1 is 1.15 bits per heavy atom. The van der Waals surface area contributed by atoms with E-state index in [1.807, 2.05) is 0 Å². The molecule has 0 aliphatic carbocycles. The minimum Gasteiger partial charge on any atom is -0.494 e. The van der Waals surface area contributed by atoms with Gasteiger partial charge in [-0.25, -0.2) is 13.1 Å². The molecule has 0 heterocycles. The molecular formula is C14H24N2O3S. The number of hydrogen-bond acceptors (Lipinski definition) is 4. The van der Waals surface area contributed by atoms with Crippen LogP contribution in [0.5, 0.6) is 5.75 Å². The van der Waals surface area contributed by atoms with Gasteiger partial charge < -0.3 is 10.5 Å². The second kappa shape index (κ2) is 8.94. The van der Waals surface area contributed by atoms with E-state index in [1.54, 1.807) is 24.3 Å². The van der Waals surface area contributed by atoms with Crippen molar-refractivity contribution in [3.8, 4) is 5.75 Å². The molecule has 0 saturated heterocycles. The summed E-state index contributed by atoms with van der Waals surface area (Å²) in [6.07, 6.45) is 3.92. The smallest absolute Gasteiger partial charge is 0.240 e. The van der Waals surface area contributed by atoms with Gasteiger partial charge in [0.15, 0.2) is 0 Å². The number of unbranched alkanes of at least 4 members (excludes halogenated alkanes) is 2. The molecule has 6 heteroatoms. The lowest BCUT2D eigenvalue weighted by molar-refractivity contribution is 0.306. The second-order valence-electron chi connectivity index (χ2n) is 4.57. The van der Waals surface area contributed by atoms with Crippen LogP contribution in [0.3, 0.4) is 0 Å². The zero-order valence-electron chi connectivity index (χ0n) is 12.0. The van der Waals surface area contributed by atoms with E-state index in [-0.39, 0.29) is 4.90 Å². The molecule has 1 aromatic rings. The average Bonchev–Trinajstić information content (AvgIpc) is 2.44.